The molecule has 0 fully saturated rings. The molecule has 1 atom stereocenters. The van der Waals surface area contributed by atoms with Crippen LogP contribution in [0.2, 0.25) is 0 Å². The van der Waals surface area contributed by atoms with Crippen molar-refractivity contribution < 1.29 is 13.9 Å². The van der Waals surface area contributed by atoms with Gasteiger partial charge in [0.25, 0.3) is 0 Å². The topological polar surface area (TPSA) is 52.3 Å². The van der Waals surface area contributed by atoms with Gasteiger partial charge in [0.15, 0.2) is 0 Å². The van der Waals surface area contributed by atoms with Crippen LogP contribution < -0.4 is 5.73 Å². The minimum Gasteiger partial charge on any atom is -0.469 e. The molecule has 2 N–H and O–H groups in total. The van der Waals surface area contributed by atoms with Gasteiger partial charge in [-0.3, -0.25) is 4.79 Å². The lowest BCUT2D eigenvalue weighted by atomic mass is 10.1. The van der Waals surface area contributed by atoms with Gasteiger partial charge in [-0.2, -0.15) is 0 Å². The summed E-state index contributed by atoms with van der Waals surface area (Å²) in [7, 11) is 1.30. The van der Waals surface area contributed by atoms with Gasteiger partial charge in [-0.25, -0.2) is 4.39 Å². The smallest absolute Gasteiger partial charge is 0.307 e. The van der Waals surface area contributed by atoms with E-state index in [-0.39, 0.29) is 12.2 Å². The molecule has 0 amide bonds. The largest absolute Gasteiger partial charge is 0.469 e. The molecule has 0 aliphatic heterocycles. The van der Waals surface area contributed by atoms with E-state index in [1.165, 1.54) is 19.2 Å². The maximum Gasteiger partial charge on any atom is 0.307 e. The van der Waals surface area contributed by atoms with Crippen LogP contribution in [0, 0.1) is 5.82 Å². The Morgan fingerprint density at radius 1 is 1.67 bits per heavy atom. The molecule has 1 rings (SSSR count). The number of ether oxygens (including phenoxy) is 1. The Labute approximate surface area is 95.5 Å². The van der Waals surface area contributed by atoms with Crippen LogP contribution in [-0.4, -0.2) is 13.1 Å². The quantitative estimate of drug-likeness (QED) is 0.860. The van der Waals surface area contributed by atoms with Gasteiger partial charge < -0.3 is 10.5 Å². The molecule has 0 heterocycles. The third kappa shape index (κ3) is 3.28. The van der Waals surface area contributed by atoms with E-state index in [1.54, 1.807) is 6.07 Å². The van der Waals surface area contributed by atoms with E-state index in [0.717, 1.165) is 0 Å². The summed E-state index contributed by atoms with van der Waals surface area (Å²) in [6.07, 6.45) is 0.0702. The third-order valence-electron chi connectivity index (χ3n) is 1.98. The lowest BCUT2D eigenvalue weighted by Crippen LogP contribution is -2.16. The predicted octanol–water partition coefficient (Wildman–Crippen LogP) is 2.15. The number of methoxy groups -OCH3 is 1. The van der Waals surface area contributed by atoms with E-state index in [9.17, 15) is 9.18 Å². The van der Waals surface area contributed by atoms with Gasteiger partial charge in [-0.15, -0.1) is 0 Å². The van der Waals surface area contributed by atoms with Crippen molar-refractivity contribution in [2.45, 2.75) is 12.5 Å². The molecule has 0 aliphatic carbocycles. The summed E-state index contributed by atoms with van der Waals surface area (Å²) in [4.78, 5) is 11.0. The number of halogens is 2. The van der Waals surface area contributed by atoms with Crippen LogP contribution in [0.15, 0.2) is 22.7 Å². The third-order valence-corrected chi connectivity index (χ3v) is 2.66. The average Bonchev–Trinajstić information content (AvgIpc) is 2.17. The van der Waals surface area contributed by atoms with Crippen LogP contribution in [0.1, 0.15) is 18.0 Å². The first-order chi connectivity index (χ1) is 7.04. The summed E-state index contributed by atoms with van der Waals surface area (Å²) in [5, 5.41) is 0. The first-order valence-corrected chi connectivity index (χ1v) is 5.11. The van der Waals surface area contributed by atoms with Gasteiger partial charge >= 0.3 is 5.97 Å². The molecule has 82 valence electrons. The van der Waals surface area contributed by atoms with Gasteiger partial charge in [0.1, 0.15) is 5.82 Å². The number of carbonyl (C=O) groups is 1. The van der Waals surface area contributed by atoms with Crippen molar-refractivity contribution in [2.24, 2.45) is 5.73 Å². The normalized spacial score (nSPS) is 12.3. The van der Waals surface area contributed by atoms with Gasteiger partial charge in [0.2, 0.25) is 0 Å². The maximum absolute atomic E-state index is 12.8. The Kier molecular flexibility index (Phi) is 4.23. The van der Waals surface area contributed by atoms with Crippen molar-refractivity contribution in [1.82, 2.24) is 0 Å². The summed E-state index contributed by atoms with van der Waals surface area (Å²) in [6, 6.07) is 3.67. The van der Waals surface area contributed by atoms with E-state index in [2.05, 4.69) is 20.7 Å². The van der Waals surface area contributed by atoms with Gasteiger partial charge in [-0.05, 0) is 17.7 Å². The SMILES string of the molecule is COC(=O)C[C@@H](N)c1ccc(F)cc1Br. The molecule has 15 heavy (non-hydrogen) atoms. The lowest BCUT2D eigenvalue weighted by Gasteiger charge is -2.12. The van der Waals surface area contributed by atoms with Gasteiger partial charge in [0, 0.05) is 10.5 Å². The van der Waals surface area contributed by atoms with E-state index < -0.39 is 12.0 Å². The minimum absolute atomic E-state index is 0.0702. The Morgan fingerprint density at radius 3 is 2.87 bits per heavy atom. The zero-order chi connectivity index (χ0) is 11.4. The van der Waals surface area contributed by atoms with Crippen LogP contribution in [0.5, 0.6) is 0 Å². The molecule has 0 bridgehead atoms. The van der Waals surface area contributed by atoms with Crippen molar-refractivity contribution in [3.63, 3.8) is 0 Å². The Bertz CT molecular complexity index is 370. The highest BCUT2D eigenvalue weighted by molar-refractivity contribution is 9.10. The zero-order valence-electron chi connectivity index (χ0n) is 8.17. The molecule has 5 heteroatoms. The number of rotatable bonds is 3. The molecular weight excluding hydrogens is 265 g/mol. The predicted molar refractivity (Wildman–Crippen MR) is 57.7 cm³/mol. The van der Waals surface area contributed by atoms with E-state index in [4.69, 9.17) is 5.73 Å². The molecule has 0 saturated heterocycles. The molecule has 0 unspecified atom stereocenters. The molecule has 0 aliphatic rings. The fraction of sp³-hybridized carbons (Fsp3) is 0.300. The second kappa shape index (κ2) is 5.23. The van der Waals surface area contributed by atoms with Gasteiger partial charge in [0.05, 0.1) is 13.5 Å². The van der Waals surface area contributed by atoms with Crippen LogP contribution in [0.3, 0.4) is 0 Å². The molecule has 0 saturated carbocycles. The summed E-state index contributed by atoms with van der Waals surface area (Å²) in [5.74, 6) is -0.741. The fourth-order valence-electron chi connectivity index (χ4n) is 1.18. The maximum atomic E-state index is 12.8. The second-order valence-corrected chi connectivity index (χ2v) is 3.91. The molecule has 3 nitrogen and oxygen atoms in total. The average molecular weight is 276 g/mol. The van der Waals surface area contributed by atoms with Crippen molar-refractivity contribution in [1.29, 1.82) is 0 Å². The number of nitrogens with two attached hydrogens (primary N) is 1. The highest BCUT2D eigenvalue weighted by Crippen LogP contribution is 2.24. The number of hydrogen-bond donors (Lipinski definition) is 1. The first-order valence-electron chi connectivity index (χ1n) is 4.32. The molecule has 0 aromatic heterocycles. The van der Waals surface area contributed by atoms with Crippen molar-refractivity contribution in [3.8, 4) is 0 Å². The number of hydrogen-bond acceptors (Lipinski definition) is 3. The van der Waals surface area contributed by atoms with Gasteiger partial charge in [-0.1, -0.05) is 22.0 Å². The highest BCUT2D eigenvalue weighted by atomic mass is 79.9. The lowest BCUT2D eigenvalue weighted by molar-refractivity contribution is -0.141. The Hall–Kier alpha value is -0.940. The zero-order valence-corrected chi connectivity index (χ0v) is 9.75. The van der Waals surface area contributed by atoms with E-state index in [0.29, 0.717) is 10.0 Å². The van der Waals surface area contributed by atoms with Crippen molar-refractivity contribution >= 4 is 21.9 Å². The number of benzene rings is 1. The van der Waals surface area contributed by atoms with Crippen molar-refractivity contribution in [3.05, 3.63) is 34.1 Å². The van der Waals surface area contributed by atoms with Crippen LogP contribution in [0.25, 0.3) is 0 Å². The number of esters is 1. The van der Waals surface area contributed by atoms with Crippen LogP contribution in [0.4, 0.5) is 4.39 Å². The van der Waals surface area contributed by atoms with Crippen LogP contribution >= 0.6 is 15.9 Å². The summed E-state index contributed by atoms with van der Waals surface area (Å²) < 4.78 is 17.8. The fourth-order valence-corrected chi connectivity index (χ4v) is 1.82. The molecule has 1 aromatic carbocycles. The Morgan fingerprint density at radius 2 is 2.33 bits per heavy atom. The van der Waals surface area contributed by atoms with E-state index >= 15 is 0 Å². The first kappa shape index (κ1) is 12.1. The monoisotopic (exact) mass is 275 g/mol. The highest BCUT2D eigenvalue weighted by Gasteiger charge is 2.14. The van der Waals surface area contributed by atoms with Crippen molar-refractivity contribution in [2.75, 3.05) is 7.11 Å². The van der Waals surface area contributed by atoms with E-state index in [1.807, 2.05) is 0 Å². The Balaban J connectivity index is 2.82. The minimum atomic E-state index is -0.493. The molecule has 1 aromatic rings. The second-order valence-electron chi connectivity index (χ2n) is 3.05. The number of carbonyl (C=O) groups excluding carboxylic acids is 1. The summed E-state index contributed by atoms with van der Waals surface area (Å²) >= 11 is 3.19. The molecule has 0 radical (unpaired) electrons. The molecule has 0 spiro atoms. The standard InChI is InChI=1S/C10H11BrFNO2/c1-15-10(14)5-9(13)7-3-2-6(12)4-8(7)11/h2-4,9H,5,13H2,1H3/t9-/m1/s1. The molecular formula is C10H11BrFNO2. The summed E-state index contributed by atoms with van der Waals surface area (Å²) in [5.41, 5.74) is 6.45. The van der Waals surface area contributed by atoms with Crippen LogP contribution in [-0.2, 0) is 9.53 Å². The summed E-state index contributed by atoms with van der Waals surface area (Å²) in [6.45, 7) is 0.